The van der Waals surface area contributed by atoms with E-state index in [1.807, 2.05) is 4.57 Å². The number of benzene rings is 1. The van der Waals surface area contributed by atoms with Crippen molar-refractivity contribution in [2.24, 2.45) is 11.7 Å². The molecule has 200 valence electrons. The molecule has 37 heavy (non-hydrogen) atoms. The molecule has 12 heteroatoms. The Kier molecular flexibility index (Phi) is 6.97. The second kappa shape index (κ2) is 10.1. The molecule has 8 nitrogen and oxygen atoms in total. The van der Waals surface area contributed by atoms with Gasteiger partial charge in [0.05, 0.1) is 17.4 Å². The lowest BCUT2D eigenvalue weighted by atomic mass is 9.86. The van der Waals surface area contributed by atoms with Crippen LogP contribution in [-0.2, 0) is 10.9 Å². The summed E-state index contributed by atoms with van der Waals surface area (Å²) < 4.78 is 61.9. The van der Waals surface area contributed by atoms with Gasteiger partial charge in [0.2, 0.25) is 11.9 Å². The Morgan fingerprint density at radius 2 is 1.86 bits per heavy atom. The summed E-state index contributed by atoms with van der Waals surface area (Å²) in [5, 5.41) is 6.24. The minimum Gasteiger partial charge on any atom is -0.381 e. The molecule has 4 N–H and O–H groups in total. The number of alkyl halides is 3. The molecule has 3 heterocycles. The number of hydrogen-bond donors (Lipinski definition) is 3. The molecule has 5 rings (SSSR count). The SMILES string of the molecule is CC1(Nc2ncc3nc(Nc4cc(C(F)(F)F)ccc4F)n([C@H]4CC[C@@H](CN)CC4)c3n2)CCOCC1. The van der Waals surface area contributed by atoms with Crippen LogP contribution in [0.25, 0.3) is 11.2 Å². The van der Waals surface area contributed by atoms with Gasteiger partial charge in [-0.1, -0.05) is 0 Å². The predicted octanol–water partition coefficient (Wildman–Crippen LogP) is 5.40. The molecule has 1 aromatic carbocycles. The van der Waals surface area contributed by atoms with Crippen LogP contribution in [0.5, 0.6) is 0 Å². The second-order valence-corrected chi connectivity index (χ2v) is 10.2. The summed E-state index contributed by atoms with van der Waals surface area (Å²) in [6.45, 7) is 3.99. The van der Waals surface area contributed by atoms with Crippen LogP contribution in [0.3, 0.4) is 0 Å². The zero-order chi connectivity index (χ0) is 26.2. The van der Waals surface area contributed by atoms with Gasteiger partial charge in [-0.15, -0.1) is 0 Å². The summed E-state index contributed by atoms with van der Waals surface area (Å²) in [7, 11) is 0. The fraction of sp³-hybridized carbons (Fsp3) is 0.560. The van der Waals surface area contributed by atoms with Crippen molar-refractivity contribution < 1.29 is 22.3 Å². The molecule has 1 aliphatic heterocycles. The number of halogens is 4. The number of nitrogens with one attached hydrogen (secondary N) is 2. The molecular weight excluding hydrogens is 490 g/mol. The van der Waals surface area contributed by atoms with Gasteiger partial charge >= 0.3 is 6.18 Å². The van der Waals surface area contributed by atoms with Gasteiger partial charge in [0.15, 0.2) is 5.65 Å². The van der Waals surface area contributed by atoms with Crippen molar-refractivity contribution >= 4 is 28.7 Å². The largest absolute Gasteiger partial charge is 0.416 e. The number of aromatic nitrogens is 4. The second-order valence-electron chi connectivity index (χ2n) is 10.2. The summed E-state index contributed by atoms with van der Waals surface area (Å²) in [5.74, 6) is 0.279. The van der Waals surface area contributed by atoms with E-state index in [9.17, 15) is 17.6 Å². The zero-order valence-corrected chi connectivity index (χ0v) is 20.6. The van der Waals surface area contributed by atoms with Gasteiger partial charge in [-0.05, 0) is 76.1 Å². The van der Waals surface area contributed by atoms with Crippen LogP contribution in [0.4, 0.5) is 35.1 Å². The maximum atomic E-state index is 14.6. The van der Waals surface area contributed by atoms with E-state index in [0.717, 1.165) is 56.7 Å². The van der Waals surface area contributed by atoms with Crippen LogP contribution >= 0.6 is 0 Å². The van der Waals surface area contributed by atoms with Crippen molar-refractivity contribution in [1.82, 2.24) is 19.5 Å². The molecule has 2 aliphatic rings. The lowest BCUT2D eigenvalue weighted by Gasteiger charge is -2.34. The first-order chi connectivity index (χ1) is 17.6. The molecule has 0 radical (unpaired) electrons. The van der Waals surface area contributed by atoms with Gasteiger partial charge in [0.1, 0.15) is 11.3 Å². The summed E-state index contributed by atoms with van der Waals surface area (Å²) >= 11 is 0. The number of imidazole rings is 1. The van der Waals surface area contributed by atoms with Gasteiger partial charge in [0, 0.05) is 24.8 Å². The third kappa shape index (κ3) is 5.49. The summed E-state index contributed by atoms with van der Waals surface area (Å²) in [5.41, 5.74) is 5.41. The monoisotopic (exact) mass is 521 g/mol. The highest BCUT2D eigenvalue weighted by atomic mass is 19.4. The van der Waals surface area contributed by atoms with E-state index in [-0.39, 0.29) is 23.2 Å². The fourth-order valence-electron chi connectivity index (χ4n) is 5.16. The van der Waals surface area contributed by atoms with Crippen LogP contribution in [-0.4, -0.2) is 44.8 Å². The van der Waals surface area contributed by atoms with Crippen LogP contribution < -0.4 is 16.4 Å². The summed E-state index contributed by atoms with van der Waals surface area (Å²) in [4.78, 5) is 13.8. The van der Waals surface area contributed by atoms with Crippen molar-refractivity contribution in [3.63, 3.8) is 0 Å². The minimum atomic E-state index is -4.60. The molecule has 1 aliphatic carbocycles. The van der Waals surface area contributed by atoms with Gasteiger partial charge in [-0.25, -0.2) is 14.4 Å². The summed E-state index contributed by atoms with van der Waals surface area (Å²) in [6.07, 6.45) is 2.01. The maximum absolute atomic E-state index is 14.6. The van der Waals surface area contributed by atoms with Crippen LogP contribution in [0.15, 0.2) is 24.4 Å². The Bertz CT molecular complexity index is 1250. The number of nitrogens with zero attached hydrogens (tertiary/aromatic N) is 4. The fourth-order valence-corrected chi connectivity index (χ4v) is 5.16. The molecule has 0 spiro atoms. The first-order valence-corrected chi connectivity index (χ1v) is 12.6. The number of rotatable bonds is 6. The lowest BCUT2D eigenvalue weighted by molar-refractivity contribution is -0.137. The highest BCUT2D eigenvalue weighted by Gasteiger charge is 2.32. The average Bonchev–Trinajstić information content (AvgIpc) is 3.22. The normalized spacial score (nSPS) is 22.2. The number of nitrogens with two attached hydrogens (primary N) is 1. The molecule has 0 atom stereocenters. The van der Waals surface area contributed by atoms with Crippen molar-refractivity contribution in [2.45, 2.75) is 63.2 Å². The number of anilines is 3. The van der Waals surface area contributed by atoms with Gasteiger partial charge < -0.3 is 21.1 Å². The Labute approximate surface area is 212 Å². The maximum Gasteiger partial charge on any atom is 0.416 e. The third-order valence-corrected chi connectivity index (χ3v) is 7.50. The van der Waals surface area contributed by atoms with E-state index in [1.165, 1.54) is 0 Å². The van der Waals surface area contributed by atoms with Gasteiger partial charge in [-0.3, -0.25) is 4.57 Å². The Morgan fingerprint density at radius 3 is 2.54 bits per heavy atom. The van der Waals surface area contributed by atoms with Gasteiger partial charge in [0.25, 0.3) is 0 Å². The van der Waals surface area contributed by atoms with E-state index in [4.69, 9.17) is 15.5 Å². The molecule has 0 bridgehead atoms. The number of ether oxygens (including phenoxy) is 1. The number of fused-ring (bicyclic) bond motifs is 1. The third-order valence-electron chi connectivity index (χ3n) is 7.50. The van der Waals surface area contributed by atoms with Crippen molar-refractivity contribution in [2.75, 3.05) is 30.4 Å². The molecule has 3 aromatic rings. The summed E-state index contributed by atoms with van der Waals surface area (Å²) in [6, 6.07) is 2.26. The molecule has 2 aromatic heterocycles. The molecule has 0 unspecified atom stereocenters. The van der Waals surface area contributed by atoms with Crippen LogP contribution in [0.2, 0.25) is 0 Å². The first-order valence-electron chi connectivity index (χ1n) is 12.6. The van der Waals surface area contributed by atoms with E-state index >= 15 is 0 Å². The average molecular weight is 522 g/mol. The van der Waals surface area contributed by atoms with E-state index in [2.05, 4.69) is 27.5 Å². The van der Waals surface area contributed by atoms with Crippen molar-refractivity contribution in [1.29, 1.82) is 0 Å². The first kappa shape index (κ1) is 25.7. The predicted molar refractivity (Wildman–Crippen MR) is 132 cm³/mol. The molecule has 1 saturated carbocycles. The Hall–Kier alpha value is -2.99. The molecule has 2 fully saturated rings. The lowest BCUT2D eigenvalue weighted by Crippen LogP contribution is -2.41. The minimum absolute atomic E-state index is 0.0226. The molecule has 0 amide bonds. The van der Waals surface area contributed by atoms with Crippen LogP contribution in [0.1, 0.15) is 57.1 Å². The molecule has 1 saturated heterocycles. The quantitative estimate of drug-likeness (QED) is 0.373. The molecular formula is C25H31F4N7O. The Balaban J connectivity index is 1.54. The van der Waals surface area contributed by atoms with E-state index in [0.29, 0.717) is 42.8 Å². The van der Waals surface area contributed by atoms with Crippen LogP contribution in [0, 0.1) is 11.7 Å². The number of hydrogen-bond acceptors (Lipinski definition) is 7. The van der Waals surface area contributed by atoms with Crippen molar-refractivity contribution in [3.8, 4) is 0 Å². The zero-order valence-electron chi connectivity index (χ0n) is 20.6. The highest BCUT2D eigenvalue weighted by Crippen LogP contribution is 2.38. The smallest absolute Gasteiger partial charge is 0.381 e. The van der Waals surface area contributed by atoms with E-state index in [1.54, 1.807) is 6.20 Å². The van der Waals surface area contributed by atoms with Gasteiger partial charge in [-0.2, -0.15) is 18.2 Å². The topological polar surface area (TPSA) is 103 Å². The standard InChI is InChI=1S/C25H31F4N7O/c1-24(8-10-37-11-9-24)35-22-31-14-20-21(34-22)36(17-5-2-15(13-30)3-6-17)23(33-20)32-19-12-16(25(27,28)29)4-7-18(19)26/h4,7,12,14-15,17H,2-3,5-6,8-11,13,30H2,1H3,(H,32,33)(H,31,34,35)/t15-,17+. The van der Waals surface area contributed by atoms with E-state index < -0.39 is 17.6 Å². The van der Waals surface area contributed by atoms with Crippen molar-refractivity contribution in [3.05, 3.63) is 35.8 Å². The Morgan fingerprint density at radius 1 is 1.14 bits per heavy atom. The highest BCUT2D eigenvalue weighted by molar-refractivity contribution is 5.77.